The number of carbonyl (C=O) groups is 2. The normalized spacial score (nSPS) is 17.6. The lowest BCUT2D eigenvalue weighted by atomic mass is 9.85. The van der Waals surface area contributed by atoms with Crippen molar-refractivity contribution in [3.05, 3.63) is 98.6 Å². The van der Waals surface area contributed by atoms with Crippen LogP contribution >= 0.6 is 11.6 Å². The van der Waals surface area contributed by atoms with Gasteiger partial charge in [0, 0.05) is 16.1 Å². The predicted molar refractivity (Wildman–Crippen MR) is 127 cm³/mol. The van der Waals surface area contributed by atoms with E-state index < -0.39 is 11.5 Å². The molecular formula is C27H26ClNO3. The fourth-order valence-corrected chi connectivity index (χ4v) is 4.84. The molecule has 1 aliphatic rings. The smallest absolute Gasteiger partial charge is 0.264 e. The van der Waals surface area contributed by atoms with Crippen molar-refractivity contribution < 1.29 is 14.7 Å². The Morgan fingerprint density at radius 2 is 1.56 bits per heavy atom. The maximum atomic E-state index is 13.5. The summed E-state index contributed by atoms with van der Waals surface area (Å²) in [5, 5.41) is 12.0. The van der Waals surface area contributed by atoms with Gasteiger partial charge in [-0.25, -0.2) is 0 Å². The molecule has 4 rings (SSSR count). The van der Waals surface area contributed by atoms with Gasteiger partial charge >= 0.3 is 0 Å². The highest BCUT2D eigenvalue weighted by Gasteiger charge is 2.51. The average molecular weight is 448 g/mol. The summed E-state index contributed by atoms with van der Waals surface area (Å²) < 4.78 is 0. The van der Waals surface area contributed by atoms with E-state index in [0.29, 0.717) is 28.4 Å². The van der Waals surface area contributed by atoms with E-state index in [1.807, 2.05) is 64.1 Å². The molecule has 0 aromatic heterocycles. The number of ketones is 1. The number of hydrogen-bond acceptors (Lipinski definition) is 3. The number of aryl methyl sites for hydroxylation is 4. The number of benzene rings is 3. The van der Waals surface area contributed by atoms with Gasteiger partial charge in [0.15, 0.2) is 11.4 Å². The van der Waals surface area contributed by atoms with Crippen molar-refractivity contribution in [2.24, 2.45) is 0 Å². The summed E-state index contributed by atoms with van der Waals surface area (Å²) in [5.41, 5.74) is 4.33. The van der Waals surface area contributed by atoms with E-state index in [-0.39, 0.29) is 12.2 Å². The van der Waals surface area contributed by atoms with Crippen molar-refractivity contribution in [3.63, 3.8) is 0 Å². The second kappa shape index (κ2) is 8.19. The van der Waals surface area contributed by atoms with Crippen LogP contribution in [0.3, 0.4) is 0 Å². The summed E-state index contributed by atoms with van der Waals surface area (Å²) in [4.78, 5) is 28.4. The first-order valence-corrected chi connectivity index (χ1v) is 11.0. The highest BCUT2D eigenvalue weighted by molar-refractivity contribution is 6.31. The number of Topliss-reactive ketones (excluding diaryl/α,β-unsaturated/α-hetero) is 1. The number of anilines is 1. The highest BCUT2D eigenvalue weighted by atomic mass is 35.5. The van der Waals surface area contributed by atoms with Crippen LogP contribution in [0.2, 0.25) is 5.02 Å². The van der Waals surface area contributed by atoms with Gasteiger partial charge in [-0.2, -0.15) is 0 Å². The summed E-state index contributed by atoms with van der Waals surface area (Å²) in [5.74, 6) is -0.773. The summed E-state index contributed by atoms with van der Waals surface area (Å²) in [6.45, 7) is 8.03. The molecule has 1 N–H and O–H groups in total. The van der Waals surface area contributed by atoms with Gasteiger partial charge < -0.3 is 10.0 Å². The van der Waals surface area contributed by atoms with Crippen LogP contribution in [0.1, 0.15) is 50.2 Å². The number of fused-ring (bicyclic) bond motifs is 1. The first kappa shape index (κ1) is 22.3. The minimum absolute atomic E-state index is 0.265. The summed E-state index contributed by atoms with van der Waals surface area (Å²) in [7, 11) is 0. The number of carbonyl (C=O) groups excluding carboxylic acids is 2. The molecular weight excluding hydrogens is 422 g/mol. The van der Waals surface area contributed by atoms with Crippen molar-refractivity contribution in [2.75, 3.05) is 4.90 Å². The molecule has 0 saturated carbocycles. The van der Waals surface area contributed by atoms with Crippen LogP contribution in [-0.4, -0.2) is 16.8 Å². The standard InChI is InChI=1S/C27H26ClNO3/c1-16-5-7-20(8-6-16)15-29-23-10-9-21(28)13-22(23)27(32,26(29)31)14-24(30)25-18(3)11-17(2)12-19(25)4/h5-13,32H,14-15H2,1-4H3. The van der Waals surface area contributed by atoms with Crippen LogP contribution in [0, 0.1) is 27.7 Å². The van der Waals surface area contributed by atoms with Gasteiger partial charge in [0.1, 0.15) is 0 Å². The Bertz CT molecular complexity index is 1210. The van der Waals surface area contributed by atoms with E-state index in [1.54, 1.807) is 23.1 Å². The van der Waals surface area contributed by atoms with E-state index >= 15 is 0 Å². The van der Waals surface area contributed by atoms with Crippen LogP contribution in [0.5, 0.6) is 0 Å². The molecule has 164 valence electrons. The minimum Gasteiger partial charge on any atom is -0.375 e. The molecule has 0 fully saturated rings. The molecule has 0 spiro atoms. The highest BCUT2D eigenvalue weighted by Crippen LogP contribution is 2.45. The van der Waals surface area contributed by atoms with Crippen molar-refractivity contribution in [2.45, 2.75) is 46.3 Å². The lowest BCUT2D eigenvalue weighted by molar-refractivity contribution is -0.136. The summed E-state index contributed by atoms with van der Waals surface area (Å²) in [6.07, 6.45) is -0.339. The molecule has 1 aliphatic heterocycles. The summed E-state index contributed by atoms with van der Waals surface area (Å²) in [6, 6.07) is 16.8. The van der Waals surface area contributed by atoms with Gasteiger partial charge in [0.25, 0.3) is 5.91 Å². The molecule has 32 heavy (non-hydrogen) atoms. The first-order chi connectivity index (χ1) is 15.1. The van der Waals surface area contributed by atoms with Gasteiger partial charge in [0.2, 0.25) is 0 Å². The third kappa shape index (κ3) is 3.85. The third-order valence-electron chi connectivity index (χ3n) is 6.13. The molecule has 3 aromatic rings. The second-order valence-electron chi connectivity index (χ2n) is 8.77. The molecule has 0 saturated heterocycles. The Morgan fingerprint density at radius 1 is 0.938 bits per heavy atom. The number of hydrogen-bond donors (Lipinski definition) is 1. The van der Waals surface area contributed by atoms with Gasteiger partial charge in [-0.1, -0.05) is 59.1 Å². The molecule has 0 aliphatic carbocycles. The molecule has 4 nitrogen and oxygen atoms in total. The lowest BCUT2D eigenvalue weighted by Crippen LogP contribution is -2.41. The van der Waals surface area contributed by atoms with E-state index in [9.17, 15) is 14.7 Å². The topological polar surface area (TPSA) is 57.6 Å². The fourth-order valence-electron chi connectivity index (χ4n) is 4.67. The monoisotopic (exact) mass is 447 g/mol. The van der Waals surface area contributed by atoms with E-state index in [0.717, 1.165) is 27.8 Å². The van der Waals surface area contributed by atoms with Crippen molar-refractivity contribution in [3.8, 4) is 0 Å². The Balaban J connectivity index is 1.73. The lowest BCUT2D eigenvalue weighted by Gasteiger charge is -2.23. The van der Waals surface area contributed by atoms with Crippen molar-refractivity contribution >= 4 is 29.0 Å². The molecule has 1 unspecified atom stereocenters. The van der Waals surface area contributed by atoms with Gasteiger partial charge in [0.05, 0.1) is 18.7 Å². The van der Waals surface area contributed by atoms with E-state index in [2.05, 4.69) is 0 Å². The number of nitrogens with zero attached hydrogens (tertiary/aromatic N) is 1. The van der Waals surface area contributed by atoms with E-state index in [1.165, 1.54) is 0 Å². The molecule has 0 radical (unpaired) electrons. The quantitative estimate of drug-likeness (QED) is 0.519. The largest absolute Gasteiger partial charge is 0.375 e. The minimum atomic E-state index is -1.97. The SMILES string of the molecule is Cc1ccc(CN2C(=O)C(O)(CC(=O)c3c(C)cc(C)cc3C)c3cc(Cl)ccc32)cc1. The van der Waals surface area contributed by atoms with Crippen molar-refractivity contribution in [1.82, 2.24) is 0 Å². The number of aliphatic hydroxyl groups is 1. The van der Waals surface area contributed by atoms with Gasteiger partial charge in [-0.05, 0) is 62.6 Å². The van der Waals surface area contributed by atoms with Crippen LogP contribution in [-0.2, 0) is 16.9 Å². The zero-order valence-corrected chi connectivity index (χ0v) is 19.5. The number of halogens is 1. The molecule has 0 bridgehead atoms. The van der Waals surface area contributed by atoms with Crippen LogP contribution in [0.15, 0.2) is 54.6 Å². The Labute approximate surface area is 193 Å². The maximum absolute atomic E-state index is 13.5. The average Bonchev–Trinajstić information content (AvgIpc) is 2.90. The number of amides is 1. The second-order valence-corrected chi connectivity index (χ2v) is 9.21. The Kier molecular flexibility index (Phi) is 5.70. The van der Waals surface area contributed by atoms with Crippen LogP contribution in [0.25, 0.3) is 0 Å². The maximum Gasteiger partial charge on any atom is 0.264 e. The molecule has 3 aromatic carbocycles. The van der Waals surface area contributed by atoms with Gasteiger partial charge in [-0.15, -0.1) is 0 Å². The Hall–Kier alpha value is -2.95. The molecule has 1 atom stereocenters. The third-order valence-corrected chi connectivity index (χ3v) is 6.36. The summed E-state index contributed by atoms with van der Waals surface area (Å²) >= 11 is 6.22. The molecule has 5 heteroatoms. The molecule has 1 amide bonds. The first-order valence-electron chi connectivity index (χ1n) is 10.6. The molecule has 1 heterocycles. The van der Waals surface area contributed by atoms with Crippen molar-refractivity contribution in [1.29, 1.82) is 0 Å². The van der Waals surface area contributed by atoms with Crippen LogP contribution < -0.4 is 4.90 Å². The van der Waals surface area contributed by atoms with E-state index in [4.69, 9.17) is 11.6 Å². The van der Waals surface area contributed by atoms with Crippen LogP contribution in [0.4, 0.5) is 5.69 Å². The predicted octanol–water partition coefficient (Wildman–Crippen LogP) is 5.58. The zero-order valence-electron chi connectivity index (χ0n) is 18.7. The number of rotatable bonds is 5. The zero-order chi connectivity index (χ0) is 23.2. The Morgan fingerprint density at radius 3 is 2.19 bits per heavy atom. The van der Waals surface area contributed by atoms with Gasteiger partial charge in [-0.3, -0.25) is 9.59 Å². The fraction of sp³-hybridized carbons (Fsp3) is 0.259.